The monoisotopic (exact) mass is 308 g/mol. The number of hydrogen-bond acceptors (Lipinski definition) is 5. The highest BCUT2D eigenvalue weighted by molar-refractivity contribution is 7.80. The van der Waals surface area contributed by atoms with Crippen molar-refractivity contribution >= 4 is 23.0 Å². The van der Waals surface area contributed by atoms with Gasteiger partial charge in [0, 0.05) is 32.4 Å². The first-order valence-corrected chi connectivity index (χ1v) is 7.85. The van der Waals surface area contributed by atoms with Gasteiger partial charge in [-0.05, 0) is 18.6 Å². The molecule has 1 aliphatic rings. The molecule has 21 heavy (non-hydrogen) atoms. The van der Waals surface area contributed by atoms with E-state index in [1.165, 1.54) is 0 Å². The zero-order valence-corrected chi connectivity index (χ0v) is 13.6. The summed E-state index contributed by atoms with van der Waals surface area (Å²) in [5.74, 6) is 1.74. The first kappa shape index (κ1) is 16.0. The molecule has 1 aromatic rings. The Hall–Kier alpha value is -1.40. The van der Waals surface area contributed by atoms with Crippen LogP contribution in [0.15, 0.2) is 18.3 Å². The fraction of sp³-hybridized carbons (Fsp3) is 0.600. The second-order valence-electron chi connectivity index (χ2n) is 5.26. The van der Waals surface area contributed by atoms with Gasteiger partial charge in [0.15, 0.2) is 11.6 Å². The molecule has 1 unspecified atom stereocenters. The van der Waals surface area contributed by atoms with E-state index in [9.17, 15) is 0 Å². The highest BCUT2D eigenvalue weighted by atomic mass is 32.1. The zero-order valence-electron chi connectivity index (χ0n) is 12.8. The van der Waals surface area contributed by atoms with Crippen LogP contribution in [0.4, 0.5) is 5.82 Å². The number of thiocarbonyl (C=S) groups is 1. The second-order valence-corrected chi connectivity index (χ2v) is 5.73. The van der Waals surface area contributed by atoms with Crippen LogP contribution in [0.3, 0.4) is 0 Å². The maximum absolute atomic E-state index is 5.89. The van der Waals surface area contributed by atoms with Crippen molar-refractivity contribution in [2.75, 3.05) is 38.2 Å². The summed E-state index contributed by atoms with van der Waals surface area (Å²) in [6.07, 6.45) is 3.93. The normalized spacial score (nSPS) is 17.5. The molecular weight excluding hydrogens is 284 g/mol. The Bertz CT molecular complexity index is 474. The highest BCUT2D eigenvalue weighted by Crippen LogP contribution is 2.26. The lowest BCUT2D eigenvalue weighted by molar-refractivity contribution is 0.218. The van der Waals surface area contributed by atoms with Crippen molar-refractivity contribution in [1.82, 2.24) is 9.88 Å². The summed E-state index contributed by atoms with van der Waals surface area (Å²) >= 11 is 5.22. The van der Waals surface area contributed by atoms with Crippen LogP contribution < -0.4 is 15.4 Å². The number of nitrogens with zero attached hydrogens (tertiary/aromatic N) is 3. The van der Waals surface area contributed by atoms with E-state index in [0.717, 1.165) is 50.6 Å². The predicted molar refractivity (Wildman–Crippen MR) is 90.1 cm³/mol. The minimum absolute atomic E-state index is 0.220. The second kappa shape index (κ2) is 7.56. The van der Waals surface area contributed by atoms with Crippen molar-refractivity contribution in [1.29, 1.82) is 0 Å². The Morgan fingerprint density at radius 3 is 2.71 bits per heavy atom. The standard InChI is InChI=1S/C15H24N4OS/c1-3-5-12(14(16)21)18-8-10-19(11-9-18)15-13(20-2)6-4-7-17-15/h4,6-7,12H,3,5,8-11H2,1-2H3,(H2,16,21). The topological polar surface area (TPSA) is 54.6 Å². The highest BCUT2D eigenvalue weighted by Gasteiger charge is 2.26. The molecule has 1 aromatic heterocycles. The van der Waals surface area contributed by atoms with E-state index in [1.807, 2.05) is 12.1 Å². The molecule has 1 saturated heterocycles. The third kappa shape index (κ3) is 3.83. The molecule has 5 nitrogen and oxygen atoms in total. The molecule has 0 bridgehead atoms. The van der Waals surface area contributed by atoms with Crippen LogP contribution in [0.1, 0.15) is 19.8 Å². The molecule has 0 radical (unpaired) electrons. The van der Waals surface area contributed by atoms with Crippen molar-refractivity contribution < 1.29 is 4.74 Å². The van der Waals surface area contributed by atoms with Crippen LogP contribution in [0.5, 0.6) is 5.75 Å². The van der Waals surface area contributed by atoms with Crippen molar-refractivity contribution in [3.05, 3.63) is 18.3 Å². The fourth-order valence-electron chi connectivity index (χ4n) is 2.80. The smallest absolute Gasteiger partial charge is 0.171 e. The number of aromatic nitrogens is 1. The van der Waals surface area contributed by atoms with Crippen LogP contribution in [-0.2, 0) is 0 Å². The molecule has 0 saturated carbocycles. The molecule has 1 fully saturated rings. The van der Waals surface area contributed by atoms with Gasteiger partial charge in [0.2, 0.25) is 0 Å². The molecule has 0 amide bonds. The summed E-state index contributed by atoms with van der Waals surface area (Å²) in [7, 11) is 1.68. The molecule has 116 valence electrons. The van der Waals surface area contributed by atoms with Gasteiger partial charge in [-0.3, -0.25) is 4.90 Å². The van der Waals surface area contributed by atoms with E-state index in [2.05, 4.69) is 21.7 Å². The van der Waals surface area contributed by atoms with Gasteiger partial charge in [0.05, 0.1) is 18.1 Å². The van der Waals surface area contributed by atoms with Crippen molar-refractivity contribution in [2.24, 2.45) is 5.73 Å². The quantitative estimate of drug-likeness (QED) is 0.807. The number of anilines is 1. The summed E-state index contributed by atoms with van der Waals surface area (Å²) in [6.45, 7) is 5.89. The number of methoxy groups -OCH3 is 1. The molecule has 2 N–H and O–H groups in total. The molecule has 2 heterocycles. The lowest BCUT2D eigenvalue weighted by Crippen LogP contribution is -2.54. The van der Waals surface area contributed by atoms with E-state index in [1.54, 1.807) is 13.3 Å². The van der Waals surface area contributed by atoms with Crippen LogP contribution in [0.25, 0.3) is 0 Å². The number of ether oxygens (including phenoxy) is 1. The molecular formula is C15H24N4OS. The number of pyridine rings is 1. The van der Waals surface area contributed by atoms with Gasteiger partial charge in [-0.1, -0.05) is 25.6 Å². The average Bonchev–Trinajstić information content (AvgIpc) is 2.52. The number of piperazine rings is 1. The Morgan fingerprint density at radius 2 is 2.14 bits per heavy atom. The lowest BCUT2D eigenvalue weighted by atomic mass is 10.1. The lowest BCUT2D eigenvalue weighted by Gasteiger charge is -2.39. The van der Waals surface area contributed by atoms with E-state index >= 15 is 0 Å². The third-order valence-corrected chi connectivity index (χ3v) is 4.19. The minimum atomic E-state index is 0.220. The first-order valence-electron chi connectivity index (χ1n) is 7.44. The van der Waals surface area contributed by atoms with Crippen LogP contribution in [0.2, 0.25) is 0 Å². The summed E-state index contributed by atoms with van der Waals surface area (Å²) in [4.78, 5) is 9.71. The maximum atomic E-state index is 5.89. The summed E-state index contributed by atoms with van der Waals surface area (Å²) in [5.41, 5.74) is 5.89. The molecule has 6 heteroatoms. The summed E-state index contributed by atoms with van der Waals surface area (Å²) < 4.78 is 5.39. The number of rotatable bonds is 6. The number of hydrogen-bond donors (Lipinski definition) is 1. The largest absolute Gasteiger partial charge is 0.493 e. The van der Waals surface area contributed by atoms with Gasteiger partial charge in [-0.25, -0.2) is 4.98 Å². The zero-order chi connectivity index (χ0) is 15.2. The summed E-state index contributed by atoms with van der Waals surface area (Å²) in [5, 5.41) is 0. The third-order valence-electron chi connectivity index (χ3n) is 3.92. The number of nitrogens with two attached hydrogens (primary N) is 1. The Kier molecular flexibility index (Phi) is 5.76. The van der Waals surface area contributed by atoms with E-state index in [-0.39, 0.29) is 6.04 Å². The van der Waals surface area contributed by atoms with Crippen molar-refractivity contribution in [3.63, 3.8) is 0 Å². The predicted octanol–water partition coefficient (Wildman–Crippen LogP) is 1.67. The van der Waals surface area contributed by atoms with Gasteiger partial charge in [0.1, 0.15) is 0 Å². The van der Waals surface area contributed by atoms with Gasteiger partial charge >= 0.3 is 0 Å². The van der Waals surface area contributed by atoms with E-state index in [0.29, 0.717) is 4.99 Å². The Morgan fingerprint density at radius 1 is 1.43 bits per heavy atom. The van der Waals surface area contributed by atoms with Gasteiger partial charge in [0.25, 0.3) is 0 Å². The van der Waals surface area contributed by atoms with E-state index < -0.39 is 0 Å². The van der Waals surface area contributed by atoms with Crippen LogP contribution >= 0.6 is 12.2 Å². The van der Waals surface area contributed by atoms with Crippen molar-refractivity contribution in [3.8, 4) is 5.75 Å². The minimum Gasteiger partial charge on any atom is -0.493 e. The Labute approximate surface area is 132 Å². The molecule has 0 aliphatic carbocycles. The molecule has 1 aliphatic heterocycles. The molecule has 0 aromatic carbocycles. The Balaban J connectivity index is 2.01. The van der Waals surface area contributed by atoms with Gasteiger partial charge in [-0.2, -0.15) is 0 Å². The first-order chi connectivity index (χ1) is 10.2. The van der Waals surface area contributed by atoms with Gasteiger partial charge in [-0.15, -0.1) is 0 Å². The SMILES string of the molecule is CCCC(C(N)=S)N1CCN(c2ncccc2OC)CC1. The maximum Gasteiger partial charge on any atom is 0.171 e. The molecule has 1 atom stereocenters. The molecule has 0 spiro atoms. The van der Waals surface area contributed by atoms with Gasteiger partial charge < -0.3 is 15.4 Å². The van der Waals surface area contributed by atoms with Crippen LogP contribution in [-0.4, -0.2) is 54.2 Å². The van der Waals surface area contributed by atoms with Crippen LogP contribution in [0, 0.1) is 0 Å². The summed E-state index contributed by atoms with van der Waals surface area (Å²) in [6, 6.07) is 4.06. The average molecular weight is 308 g/mol. The fourth-order valence-corrected chi connectivity index (χ4v) is 3.07. The molecule has 2 rings (SSSR count). The van der Waals surface area contributed by atoms with E-state index in [4.69, 9.17) is 22.7 Å². The van der Waals surface area contributed by atoms with Crippen molar-refractivity contribution in [2.45, 2.75) is 25.8 Å².